The Bertz CT molecular complexity index is 1770. The zero-order valence-electron chi connectivity index (χ0n) is 23.9. The Hall–Kier alpha value is -4.70. The van der Waals surface area contributed by atoms with Crippen molar-refractivity contribution in [1.29, 1.82) is 0 Å². The zero-order valence-corrected chi connectivity index (χ0v) is 24.6. The summed E-state index contributed by atoms with van der Waals surface area (Å²) in [6.07, 6.45) is 6.64. The van der Waals surface area contributed by atoms with E-state index in [1.165, 1.54) is 6.08 Å². The molecule has 11 heteroatoms. The van der Waals surface area contributed by atoms with Gasteiger partial charge in [-0.1, -0.05) is 31.0 Å². The fourth-order valence-corrected chi connectivity index (χ4v) is 5.90. The normalized spacial score (nSPS) is 18.8. The number of aromatic nitrogens is 3. The molecule has 4 heterocycles. The molecule has 0 saturated heterocycles. The predicted octanol–water partition coefficient (Wildman–Crippen LogP) is 7.33. The van der Waals surface area contributed by atoms with Crippen LogP contribution in [0.15, 0.2) is 73.1 Å². The first-order valence-corrected chi connectivity index (χ1v) is 14.8. The Labute approximate surface area is 258 Å². The fourth-order valence-electron chi connectivity index (χ4n) is 5.74. The van der Waals surface area contributed by atoms with Crippen LogP contribution in [0, 0.1) is 17.6 Å². The number of fused-ring (bicyclic) bond motifs is 4. The van der Waals surface area contributed by atoms with Crippen molar-refractivity contribution in [3.8, 4) is 11.1 Å². The van der Waals surface area contributed by atoms with Crippen molar-refractivity contribution in [2.24, 2.45) is 5.92 Å². The average molecular weight is 615 g/mol. The van der Waals surface area contributed by atoms with Crippen molar-refractivity contribution in [3.05, 3.63) is 101 Å². The van der Waals surface area contributed by atoms with Crippen molar-refractivity contribution >= 4 is 46.2 Å². The number of anilines is 3. The van der Waals surface area contributed by atoms with Crippen LogP contribution in [0.5, 0.6) is 0 Å². The molecule has 0 fully saturated rings. The van der Waals surface area contributed by atoms with Gasteiger partial charge in [0.25, 0.3) is 0 Å². The maximum absolute atomic E-state index is 14.8. The highest BCUT2D eigenvalue weighted by atomic mass is 35.5. The third-order valence-electron chi connectivity index (χ3n) is 8.06. The molecule has 2 amide bonds. The van der Waals surface area contributed by atoms with Crippen molar-refractivity contribution in [2.45, 2.75) is 38.6 Å². The summed E-state index contributed by atoms with van der Waals surface area (Å²) in [7, 11) is 0. The van der Waals surface area contributed by atoms with E-state index in [9.17, 15) is 18.4 Å². The number of carbonyl (C=O) groups is 2. The van der Waals surface area contributed by atoms with E-state index in [2.05, 4.69) is 25.8 Å². The summed E-state index contributed by atoms with van der Waals surface area (Å²) in [5.74, 6) is -1.83. The minimum atomic E-state index is -0.875. The minimum absolute atomic E-state index is 0.110. The topological polar surface area (TPSA) is 100 Å². The van der Waals surface area contributed by atoms with E-state index >= 15 is 0 Å². The third-order valence-corrected chi connectivity index (χ3v) is 8.35. The molecular weight excluding hydrogens is 586 g/mol. The van der Waals surface area contributed by atoms with E-state index in [0.717, 1.165) is 28.9 Å². The lowest BCUT2D eigenvalue weighted by molar-refractivity contribution is -0.129. The Kier molecular flexibility index (Phi) is 8.34. The summed E-state index contributed by atoms with van der Waals surface area (Å²) in [6.45, 7) is 2.13. The van der Waals surface area contributed by atoms with Gasteiger partial charge in [0.1, 0.15) is 5.82 Å². The number of pyridine rings is 1. The maximum atomic E-state index is 14.8. The number of hydrogen-bond donors (Lipinski definition) is 2. The van der Waals surface area contributed by atoms with Crippen molar-refractivity contribution in [3.63, 3.8) is 0 Å². The van der Waals surface area contributed by atoms with Crippen molar-refractivity contribution in [2.75, 3.05) is 17.2 Å². The number of halogens is 3. The predicted molar refractivity (Wildman–Crippen MR) is 165 cm³/mol. The van der Waals surface area contributed by atoms with Gasteiger partial charge in [-0.3, -0.25) is 14.6 Å². The number of rotatable bonds is 4. The van der Waals surface area contributed by atoms with Gasteiger partial charge in [-0.2, -0.15) is 5.10 Å². The fraction of sp³-hybridized carbons (Fsp3) is 0.242. The molecule has 8 nitrogen and oxygen atoms in total. The molecule has 2 aromatic heterocycles. The van der Waals surface area contributed by atoms with E-state index in [-0.39, 0.29) is 46.9 Å². The Morgan fingerprint density at radius 3 is 2.70 bits per heavy atom. The quantitative estimate of drug-likeness (QED) is 0.234. The smallest absolute Gasteiger partial charge is 0.247 e. The number of nitrogens with zero attached hydrogens (tertiary/aromatic N) is 4. The van der Waals surface area contributed by atoms with Gasteiger partial charge in [0, 0.05) is 42.2 Å². The van der Waals surface area contributed by atoms with E-state index in [1.807, 2.05) is 37.3 Å². The van der Waals surface area contributed by atoms with Gasteiger partial charge in [-0.05, 0) is 78.9 Å². The summed E-state index contributed by atoms with van der Waals surface area (Å²) < 4.78 is 29.4. The van der Waals surface area contributed by atoms with Crippen LogP contribution in [-0.2, 0) is 9.59 Å². The van der Waals surface area contributed by atoms with Crippen LogP contribution in [0.1, 0.15) is 49.9 Å². The highest BCUT2D eigenvalue weighted by Crippen LogP contribution is 2.38. The van der Waals surface area contributed by atoms with Gasteiger partial charge in [0.05, 0.1) is 28.0 Å². The van der Waals surface area contributed by atoms with E-state index in [0.29, 0.717) is 36.5 Å². The summed E-state index contributed by atoms with van der Waals surface area (Å²) in [5.41, 5.74) is 3.65. The minimum Gasteiger partial charge on any atom is -0.339 e. The van der Waals surface area contributed by atoms with Crippen LogP contribution in [0.3, 0.4) is 0 Å². The monoisotopic (exact) mass is 614 g/mol. The van der Waals surface area contributed by atoms with E-state index in [1.54, 1.807) is 29.4 Å². The highest BCUT2D eigenvalue weighted by Gasteiger charge is 2.31. The SMILES string of the molecule is C[C@@H]1CCC[C@H](N2CCC(c3c(F)ccc(Cl)c3F)=CC2=O)c2cc(ccn2)-c2ccc(Nc3cccnn3)cc2NC1=O. The first kappa shape index (κ1) is 29.4. The van der Waals surface area contributed by atoms with Gasteiger partial charge in [0.15, 0.2) is 11.6 Å². The second kappa shape index (κ2) is 12.5. The molecule has 0 spiro atoms. The number of hydrogen-bond acceptors (Lipinski definition) is 6. The van der Waals surface area contributed by atoms with Gasteiger partial charge >= 0.3 is 0 Å². The third kappa shape index (κ3) is 6.03. The molecule has 2 aromatic carbocycles. The second-order valence-electron chi connectivity index (χ2n) is 11.0. The first-order chi connectivity index (χ1) is 21.3. The number of benzene rings is 2. The zero-order chi connectivity index (χ0) is 30.8. The van der Waals surface area contributed by atoms with E-state index in [4.69, 9.17) is 11.6 Å². The molecule has 0 unspecified atom stereocenters. The average Bonchev–Trinajstić information content (AvgIpc) is 3.02. The van der Waals surface area contributed by atoms with Gasteiger partial charge in [0.2, 0.25) is 11.8 Å². The lowest BCUT2D eigenvalue weighted by Crippen LogP contribution is -2.38. The molecule has 2 aliphatic rings. The maximum Gasteiger partial charge on any atom is 0.247 e. The molecule has 2 aliphatic heterocycles. The molecule has 2 N–H and O–H groups in total. The van der Waals surface area contributed by atoms with E-state index < -0.39 is 17.7 Å². The van der Waals surface area contributed by atoms with Gasteiger partial charge < -0.3 is 15.5 Å². The second-order valence-corrected chi connectivity index (χ2v) is 11.4. The van der Waals surface area contributed by atoms with Crippen LogP contribution in [-0.4, -0.2) is 38.4 Å². The lowest BCUT2D eigenvalue weighted by atomic mass is 9.92. The molecule has 4 aromatic rings. The summed E-state index contributed by atoms with van der Waals surface area (Å²) >= 11 is 5.91. The molecule has 0 saturated carbocycles. The molecule has 224 valence electrons. The summed E-state index contributed by atoms with van der Waals surface area (Å²) in [4.78, 5) is 33.1. The molecular formula is C33H29ClF2N6O2. The Balaban J connectivity index is 1.36. The first-order valence-electron chi connectivity index (χ1n) is 14.4. The van der Waals surface area contributed by atoms with Crippen molar-refractivity contribution in [1.82, 2.24) is 20.1 Å². The number of amides is 2. The molecule has 44 heavy (non-hydrogen) atoms. The Morgan fingerprint density at radius 2 is 1.91 bits per heavy atom. The number of nitrogens with one attached hydrogen (secondary N) is 2. The van der Waals surface area contributed by atoms with Crippen LogP contribution < -0.4 is 10.6 Å². The molecule has 6 rings (SSSR count). The van der Waals surface area contributed by atoms with Crippen LogP contribution in [0.25, 0.3) is 16.7 Å². The lowest BCUT2D eigenvalue weighted by Gasteiger charge is -2.34. The summed E-state index contributed by atoms with van der Waals surface area (Å²) in [5, 5.41) is 14.1. The van der Waals surface area contributed by atoms with Crippen LogP contribution >= 0.6 is 11.6 Å². The Morgan fingerprint density at radius 1 is 1.05 bits per heavy atom. The highest BCUT2D eigenvalue weighted by molar-refractivity contribution is 6.31. The van der Waals surface area contributed by atoms with Gasteiger partial charge in [-0.25, -0.2) is 8.78 Å². The van der Waals surface area contributed by atoms with Crippen molar-refractivity contribution < 1.29 is 18.4 Å². The molecule has 2 bridgehead atoms. The largest absolute Gasteiger partial charge is 0.339 e. The standard InChI is InChI=1S/C33H29ClF2N6O2/c1-19-4-2-5-28(42-15-12-21(17-30(42)43)31-25(35)10-9-24(34)32(31)36)27-16-20(11-14-37-27)23-8-7-22(18-26(23)40-33(19)44)39-29-6-3-13-38-41-29/h3,6-11,13-14,16-19,28H,2,4-5,12,15H2,1H3,(H,39,41)(H,40,44)/t19-,28+/m1/s1. The van der Waals surface area contributed by atoms with Crippen LogP contribution in [0.4, 0.5) is 26.0 Å². The number of carbonyl (C=O) groups excluding carboxylic acids is 2. The summed E-state index contributed by atoms with van der Waals surface area (Å²) in [6, 6.07) is 14.9. The molecule has 0 radical (unpaired) electrons. The molecule has 0 aliphatic carbocycles. The van der Waals surface area contributed by atoms with Gasteiger partial charge in [-0.15, -0.1) is 5.10 Å². The molecule has 2 atom stereocenters. The van der Waals surface area contributed by atoms with Crippen LogP contribution in [0.2, 0.25) is 5.02 Å².